The first-order valence-corrected chi connectivity index (χ1v) is 6.84. The number of amides is 1. The molecule has 108 valence electrons. The molecule has 1 aromatic rings. The van der Waals surface area contributed by atoms with Crippen LogP contribution in [0.25, 0.3) is 0 Å². The summed E-state index contributed by atoms with van der Waals surface area (Å²) < 4.78 is 0. The van der Waals surface area contributed by atoms with Crippen molar-refractivity contribution in [2.24, 2.45) is 5.92 Å². The lowest BCUT2D eigenvalue weighted by Crippen LogP contribution is -2.43. The summed E-state index contributed by atoms with van der Waals surface area (Å²) in [6.07, 6.45) is 0.463. The van der Waals surface area contributed by atoms with Gasteiger partial charge in [0.05, 0.1) is 5.92 Å². The Morgan fingerprint density at radius 1 is 1.45 bits per heavy atom. The second kappa shape index (κ2) is 6.05. The summed E-state index contributed by atoms with van der Waals surface area (Å²) in [6, 6.07) is 7.29. The van der Waals surface area contributed by atoms with Gasteiger partial charge in [-0.25, -0.2) is 0 Å². The summed E-state index contributed by atoms with van der Waals surface area (Å²) in [6.45, 7) is 2.95. The van der Waals surface area contributed by atoms with Crippen LogP contribution >= 0.6 is 0 Å². The number of aliphatic carboxylic acids is 1. The van der Waals surface area contributed by atoms with E-state index in [-0.39, 0.29) is 11.8 Å². The highest BCUT2D eigenvalue weighted by atomic mass is 16.4. The van der Waals surface area contributed by atoms with Crippen LogP contribution in [0.1, 0.15) is 24.8 Å². The van der Waals surface area contributed by atoms with E-state index in [1.54, 1.807) is 11.0 Å². The number of carboxylic acid groups (broad SMARTS) is 1. The van der Waals surface area contributed by atoms with E-state index in [2.05, 4.69) is 5.32 Å². The van der Waals surface area contributed by atoms with Crippen LogP contribution in [0.2, 0.25) is 0 Å². The summed E-state index contributed by atoms with van der Waals surface area (Å²) in [7, 11) is 1.81. The maximum atomic E-state index is 12.5. The van der Waals surface area contributed by atoms with Crippen molar-refractivity contribution in [1.29, 1.82) is 0 Å². The molecule has 0 radical (unpaired) electrons. The van der Waals surface area contributed by atoms with Crippen LogP contribution in [0.3, 0.4) is 0 Å². The third-order valence-corrected chi connectivity index (χ3v) is 3.74. The Morgan fingerprint density at radius 2 is 2.15 bits per heavy atom. The summed E-state index contributed by atoms with van der Waals surface area (Å²) in [5.74, 6) is -1.44. The molecular weight excluding hydrogens is 256 g/mol. The lowest BCUT2D eigenvalue weighted by Gasteiger charge is -2.34. The summed E-state index contributed by atoms with van der Waals surface area (Å²) in [4.78, 5) is 25.5. The molecule has 2 N–H and O–H groups in total. The molecule has 1 aliphatic heterocycles. The fraction of sp³-hybridized carbons (Fsp3) is 0.467. The van der Waals surface area contributed by atoms with E-state index in [1.807, 2.05) is 32.2 Å². The number of carbonyl (C=O) groups is 2. The van der Waals surface area contributed by atoms with Crippen molar-refractivity contribution in [1.82, 2.24) is 5.32 Å². The Morgan fingerprint density at radius 3 is 2.80 bits per heavy atom. The minimum absolute atomic E-state index is 0.0376. The molecule has 20 heavy (non-hydrogen) atoms. The van der Waals surface area contributed by atoms with Crippen LogP contribution < -0.4 is 10.2 Å². The van der Waals surface area contributed by atoms with Gasteiger partial charge in [0.2, 0.25) is 5.91 Å². The minimum atomic E-state index is -0.826. The Labute approximate surface area is 118 Å². The summed E-state index contributed by atoms with van der Waals surface area (Å²) in [5.41, 5.74) is 1.47. The molecule has 0 spiro atoms. The van der Waals surface area contributed by atoms with Crippen LogP contribution in [0.15, 0.2) is 24.3 Å². The van der Waals surface area contributed by atoms with Gasteiger partial charge in [0.1, 0.15) is 0 Å². The van der Waals surface area contributed by atoms with Crippen LogP contribution in [-0.2, 0) is 9.59 Å². The van der Waals surface area contributed by atoms with Crippen molar-refractivity contribution < 1.29 is 14.7 Å². The number of carboxylic acids is 1. The lowest BCUT2D eigenvalue weighted by molar-refractivity contribution is -0.139. The fourth-order valence-corrected chi connectivity index (χ4v) is 2.71. The highest BCUT2D eigenvalue weighted by molar-refractivity contribution is 5.97. The fourth-order valence-electron chi connectivity index (χ4n) is 2.71. The molecule has 1 aliphatic rings. The number of hydrogen-bond acceptors (Lipinski definition) is 3. The van der Waals surface area contributed by atoms with Gasteiger partial charge in [0.25, 0.3) is 0 Å². The molecule has 5 nitrogen and oxygen atoms in total. The number of para-hydroxylation sites is 1. The summed E-state index contributed by atoms with van der Waals surface area (Å²) >= 11 is 0. The third kappa shape index (κ3) is 2.67. The van der Waals surface area contributed by atoms with E-state index in [0.717, 1.165) is 11.3 Å². The quantitative estimate of drug-likeness (QED) is 0.873. The van der Waals surface area contributed by atoms with E-state index >= 15 is 0 Å². The standard InChI is InChI=1S/C15H20N2O3/c1-10(9-16-2)14(18)17-8-7-12(15(19)20)11-5-3-4-6-13(11)17/h3-6,10,12,16H,7-9H2,1-2H3,(H,19,20). The van der Waals surface area contributed by atoms with Crippen LogP contribution in [0.5, 0.6) is 0 Å². The lowest BCUT2D eigenvalue weighted by atomic mass is 9.89. The van der Waals surface area contributed by atoms with Crippen molar-refractivity contribution in [3.05, 3.63) is 29.8 Å². The number of nitrogens with zero attached hydrogens (tertiary/aromatic N) is 1. The van der Waals surface area contributed by atoms with Crippen molar-refractivity contribution in [2.75, 3.05) is 25.0 Å². The molecule has 2 atom stereocenters. The Bertz CT molecular complexity index is 516. The monoisotopic (exact) mass is 276 g/mol. The molecule has 0 bridgehead atoms. The zero-order chi connectivity index (χ0) is 14.7. The number of rotatable bonds is 4. The smallest absolute Gasteiger partial charge is 0.311 e. The van der Waals surface area contributed by atoms with Crippen LogP contribution in [-0.4, -0.2) is 37.1 Å². The highest BCUT2D eigenvalue weighted by Crippen LogP contribution is 2.35. The average molecular weight is 276 g/mol. The number of anilines is 1. The maximum Gasteiger partial charge on any atom is 0.311 e. The molecule has 2 rings (SSSR count). The van der Waals surface area contributed by atoms with Crippen molar-refractivity contribution >= 4 is 17.6 Å². The topological polar surface area (TPSA) is 69.6 Å². The van der Waals surface area contributed by atoms with Gasteiger partial charge in [-0.3, -0.25) is 9.59 Å². The van der Waals surface area contributed by atoms with E-state index in [9.17, 15) is 14.7 Å². The van der Waals surface area contributed by atoms with E-state index in [4.69, 9.17) is 0 Å². The molecule has 0 saturated carbocycles. The number of carbonyl (C=O) groups excluding carboxylic acids is 1. The van der Waals surface area contributed by atoms with Gasteiger partial charge < -0.3 is 15.3 Å². The second-order valence-electron chi connectivity index (χ2n) is 5.19. The van der Waals surface area contributed by atoms with E-state index < -0.39 is 11.9 Å². The number of fused-ring (bicyclic) bond motifs is 1. The molecule has 0 saturated heterocycles. The zero-order valence-corrected chi connectivity index (χ0v) is 11.8. The average Bonchev–Trinajstić information content (AvgIpc) is 2.45. The highest BCUT2D eigenvalue weighted by Gasteiger charge is 2.33. The van der Waals surface area contributed by atoms with Crippen molar-refractivity contribution in [3.8, 4) is 0 Å². The normalized spacial score (nSPS) is 19.3. The van der Waals surface area contributed by atoms with E-state index in [0.29, 0.717) is 19.5 Å². The van der Waals surface area contributed by atoms with Gasteiger partial charge in [0.15, 0.2) is 0 Å². The molecular formula is C15H20N2O3. The molecule has 5 heteroatoms. The maximum absolute atomic E-state index is 12.5. The van der Waals surface area contributed by atoms with Gasteiger partial charge >= 0.3 is 5.97 Å². The molecule has 1 amide bonds. The molecule has 1 heterocycles. The van der Waals surface area contributed by atoms with Crippen LogP contribution in [0.4, 0.5) is 5.69 Å². The van der Waals surface area contributed by atoms with Crippen molar-refractivity contribution in [2.45, 2.75) is 19.3 Å². The molecule has 2 unspecified atom stereocenters. The largest absolute Gasteiger partial charge is 0.481 e. The van der Waals surface area contributed by atoms with E-state index in [1.165, 1.54) is 0 Å². The molecule has 1 aromatic carbocycles. The predicted molar refractivity (Wildman–Crippen MR) is 76.9 cm³/mol. The Hall–Kier alpha value is -1.88. The van der Waals surface area contributed by atoms with Gasteiger partial charge in [-0.2, -0.15) is 0 Å². The SMILES string of the molecule is CNCC(C)C(=O)N1CCC(C(=O)O)c2ccccc21. The first kappa shape index (κ1) is 14.5. The Kier molecular flexibility index (Phi) is 4.39. The second-order valence-corrected chi connectivity index (χ2v) is 5.19. The van der Waals surface area contributed by atoms with Crippen molar-refractivity contribution in [3.63, 3.8) is 0 Å². The number of nitrogens with one attached hydrogen (secondary N) is 1. The zero-order valence-electron chi connectivity index (χ0n) is 11.8. The van der Waals surface area contributed by atoms with Gasteiger partial charge in [-0.1, -0.05) is 25.1 Å². The third-order valence-electron chi connectivity index (χ3n) is 3.74. The van der Waals surface area contributed by atoms with Gasteiger partial charge in [0, 0.05) is 24.7 Å². The molecule has 0 aliphatic carbocycles. The van der Waals surface area contributed by atoms with Gasteiger partial charge in [-0.05, 0) is 25.1 Å². The minimum Gasteiger partial charge on any atom is -0.481 e. The number of hydrogen-bond donors (Lipinski definition) is 2. The number of benzene rings is 1. The predicted octanol–water partition coefficient (Wildman–Crippen LogP) is 1.45. The first-order chi connectivity index (χ1) is 9.56. The summed E-state index contributed by atoms with van der Waals surface area (Å²) in [5, 5.41) is 12.3. The molecule has 0 fully saturated rings. The van der Waals surface area contributed by atoms with Crippen LogP contribution in [0, 0.1) is 5.92 Å². The first-order valence-electron chi connectivity index (χ1n) is 6.84. The molecule has 0 aromatic heterocycles. The Balaban J connectivity index is 2.32. The van der Waals surface area contributed by atoms with Gasteiger partial charge in [-0.15, -0.1) is 0 Å².